The van der Waals surface area contributed by atoms with Crippen molar-refractivity contribution >= 4 is 17.7 Å². The molecule has 124 valence electrons. The summed E-state index contributed by atoms with van der Waals surface area (Å²) in [4.78, 5) is 11.7. The third-order valence-corrected chi connectivity index (χ3v) is 3.77. The maximum absolute atomic E-state index is 12.5. The average Bonchev–Trinajstić information content (AvgIpc) is 2.87. The lowest BCUT2D eigenvalue weighted by Crippen LogP contribution is -2.27. The van der Waals surface area contributed by atoms with E-state index in [1.807, 2.05) is 30.3 Å². The number of rotatable bonds is 6. The van der Waals surface area contributed by atoms with Gasteiger partial charge in [0.1, 0.15) is 0 Å². The SMILES string of the molecule is Nn1c(SCC(=O)NCCc2ccccc2)nnc1C(F)(F)F. The summed E-state index contributed by atoms with van der Waals surface area (Å²) in [6.07, 6.45) is -4.01. The number of nitrogen functional groups attached to an aromatic ring is 1. The fourth-order valence-electron chi connectivity index (χ4n) is 1.74. The van der Waals surface area contributed by atoms with Crippen molar-refractivity contribution in [3.8, 4) is 0 Å². The minimum atomic E-state index is -4.68. The second kappa shape index (κ2) is 7.36. The van der Waals surface area contributed by atoms with E-state index in [1.165, 1.54) is 0 Å². The molecule has 2 aromatic rings. The summed E-state index contributed by atoms with van der Waals surface area (Å²) in [6.45, 7) is 0.437. The Kier molecular flexibility index (Phi) is 5.48. The zero-order valence-corrected chi connectivity index (χ0v) is 12.7. The van der Waals surface area contributed by atoms with Gasteiger partial charge in [0.05, 0.1) is 5.75 Å². The summed E-state index contributed by atoms with van der Waals surface area (Å²) in [5.74, 6) is 3.56. The largest absolute Gasteiger partial charge is 0.453 e. The Bertz CT molecular complexity index is 659. The summed E-state index contributed by atoms with van der Waals surface area (Å²) in [5, 5.41) is 8.82. The highest BCUT2D eigenvalue weighted by molar-refractivity contribution is 7.99. The number of hydrogen-bond donors (Lipinski definition) is 2. The molecule has 0 aliphatic rings. The minimum Gasteiger partial charge on any atom is -0.355 e. The van der Waals surface area contributed by atoms with Crippen LogP contribution in [0.4, 0.5) is 13.2 Å². The summed E-state index contributed by atoms with van der Waals surface area (Å²) in [6, 6.07) is 9.59. The first kappa shape index (κ1) is 17.1. The Hall–Kier alpha value is -2.23. The van der Waals surface area contributed by atoms with Crippen molar-refractivity contribution < 1.29 is 18.0 Å². The van der Waals surface area contributed by atoms with Gasteiger partial charge in [0.2, 0.25) is 11.1 Å². The van der Waals surface area contributed by atoms with E-state index in [4.69, 9.17) is 5.84 Å². The second-order valence-corrected chi connectivity index (χ2v) is 5.49. The van der Waals surface area contributed by atoms with Crippen molar-refractivity contribution in [3.05, 3.63) is 41.7 Å². The molecule has 6 nitrogen and oxygen atoms in total. The van der Waals surface area contributed by atoms with Crippen LogP contribution in [0.3, 0.4) is 0 Å². The van der Waals surface area contributed by atoms with Crippen molar-refractivity contribution in [2.24, 2.45) is 0 Å². The number of hydrogen-bond acceptors (Lipinski definition) is 5. The molecule has 1 aromatic heterocycles. The molecule has 0 saturated heterocycles. The lowest BCUT2D eigenvalue weighted by molar-refractivity contribution is -0.146. The first-order chi connectivity index (χ1) is 10.9. The first-order valence-electron chi connectivity index (χ1n) is 6.59. The van der Waals surface area contributed by atoms with Gasteiger partial charge in [-0.15, -0.1) is 10.2 Å². The topological polar surface area (TPSA) is 85.8 Å². The molecule has 0 spiro atoms. The highest BCUT2D eigenvalue weighted by atomic mass is 32.2. The molecule has 10 heteroatoms. The summed E-state index contributed by atoms with van der Waals surface area (Å²) in [7, 11) is 0. The number of nitrogens with two attached hydrogens (primary N) is 1. The minimum absolute atomic E-state index is 0.0953. The first-order valence-corrected chi connectivity index (χ1v) is 7.57. The zero-order valence-electron chi connectivity index (χ0n) is 11.9. The molecule has 0 bridgehead atoms. The van der Waals surface area contributed by atoms with Crippen molar-refractivity contribution in [1.82, 2.24) is 20.2 Å². The molecule has 0 unspecified atom stereocenters. The van der Waals surface area contributed by atoms with E-state index >= 15 is 0 Å². The summed E-state index contributed by atoms with van der Waals surface area (Å²) < 4.78 is 37.8. The lowest BCUT2D eigenvalue weighted by atomic mass is 10.1. The van der Waals surface area contributed by atoms with E-state index in [1.54, 1.807) is 0 Å². The van der Waals surface area contributed by atoms with E-state index in [0.717, 1.165) is 17.3 Å². The number of thioether (sulfide) groups is 1. The Morgan fingerprint density at radius 2 is 1.96 bits per heavy atom. The molecule has 1 amide bonds. The highest BCUT2D eigenvalue weighted by Gasteiger charge is 2.38. The van der Waals surface area contributed by atoms with Crippen LogP contribution in [-0.2, 0) is 17.4 Å². The molecule has 0 aliphatic carbocycles. The number of carbonyl (C=O) groups excluding carboxylic acids is 1. The normalized spacial score (nSPS) is 11.4. The molecule has 1 aromatic carbocycles. The van der Waals surface area contributed by atoms with Crippen LogP contribution in [0.1, 0.15) is 11.4 Å². The number of amides is 1. The van der Waals surface area contributed by atoms with Gasteiger partial charge in [-0.2, -0.15) is 13.2 Å². The number of nitrogens with zero attached hydrogens (tertiary/aromatic N) is 3. The van der Waals surface area contributed by atoms with Crippen molar-refractivity contribution in [2.75, 3.05) is 18.1 Å². The summed E-state index contributed by atoms with van der Waals surface area (Å²) >= 11 is 0.791. The molecule has 23 heavy (non-hydrogen) atoms. The second-order valence-electron chi connectivity index (χ2n) is 4.55. The van der Waals surface area contributed by atoms with E-state index in [9.17, 15) is 18.0 Å². The average molecular weight is 345 g/mol. The predicted octanol–water partition coefficient (Wildman–Crippen LogP) is 1.46. The molecule has 0 fully saturated rings. The van der Waals surface area contributed by atoms with Crippen LogP contribution in [0.25, 0.3) is 0 Å². The lowest BCUT2D eigenvalue weighted by Gasteiger charge is -2.06. The molecule has 0 saturated carbocycles. The van der Waals surface area contributed by atoms with Crippen LogP contribution in [0, 0.1) is 0 Å². The third-order valence-electron chi connectivity index (χ3n) is 2.83. The quantitative estimate of drug-likeness (QED) is 0.612. The number of alkyl halides is 3. The smallest absolute Gasteiger partial charge is 0.355 e. The van der Waals surface area contributed by atoms with Crippen LogP contribution in [0.2, 0.25) is 0 Å². The molecular weight excluding hydrogens is 331 g/mol. The maximum Gasteiger partial charge on any atom is 0.453 e. The van der Waals surface area contributed by atoms with Crippen LogP contribution in [0.15, 0.2) is 35.5 Å². The number of aromatic nitrogens is 3. The van der Waals surface area contributed by atoms with Crippen LogP contribution in [-0.4, -0.2) is 33.1 Å². The molecule has 0 aliphatic heterocycles. The molecule has 1 heterocycles. The van der Waals surface area contributed by atoms with E-state index in [0.29, 0.717) is 17.6 Å². The maximum atomic E-state index is 12.5. The van der Waals surface area contributed by atoms with Crippen molar-refractivity contribution in [1.29, 1.82) is 0 Å². The number of benzene rings is 1. The molecule has 2 rings (SSSR count). The van der Waals surface area contributed by atoms with Gasteiger partial charge < -0.3 is 11.2 Å². The Balaban J connectivity index is 1.78. The third kappa shape index (κ3) is 4.88. The Labute approximate surface area is 134 Å². The van der Waals surface area contributed by atoms with Gasteiger partial charge >= 0.3 is 6.18 Å². The highest BCUT2D eigenvalue weighted by Crippen LogP contribution is 2.28. The van der Waals surface area contributed by atoms with Gasteiger partial charge in [0.15, 0.2) is 0 Å². The Morgan fingerprint density at radius 3 is 2.57 bits per heavy atom. The van der Waals surface area contributed by atoms with E-state index < -0.39 is 12.0 Å². The predicted molar refractivity (Wildman–Crippen MR) is 79.1 cm³/mol. The number of nitrogens with one attached hydrogen (secondary N) is 1. The number of halogens is 3. The van der Waals surface area contributed by atoms with Gasteiger partial charge in [0.25, 0.3) is 5.82 Å². The van der Waals surface area contributed by atoms with Crippen molar-refractivity contribution in [2.45, 2.75) is 17.8 Å². The van der Waals surface area contributed by atoms with Crippen molar-refractivity contribution in [3.63, 3.8) is 0 Å². The molecule has 0 radical (unpaired) electrons. The van der Waals surface area contributed by atoms with Gasteiger partial charge in [-0.05, 0) is 12.0 Å². The fraction of sp³-hybridized carbons (Fsp3) is 0.308. The molecule has 3 N–H and O–H groups in total. The monoisotopic (exact) mass is 345 g/mol. The fourth-order valence-corrected chi connectivity index (χ4v) is 2.43. The van der Waals surface area contributed by atoms with Gasteiger partial charge in [0, 0.05) is 6.54 Å². The van der Waals surface area contributed by atoms with E-state index in [2.05, 4.69) is 15.5 Å². The standard InChI is InChI=1S/C13H14F3N5OS/c14-13(15,16)11-19-20-12(21(11)17)23-8-10(22)18-7-6-9-4-2-1-3-5-9/h1-5H,6-8,17H2,(H,18,22). The van der Waals surface area contributed by atoms with Gasteiger partial charge in [-0.25, -0.2) is 4.68 Å². The molecule has 0 atom stereocenters. The summed E-state index contributed by atoms with van der Waals surface area (Å²) in [5.41, 5.74) is 1.08. The van der Waals surface area contributed by atoms with E-state index in [-0.39, 0.29) is 16.8 Å². The Morgan fingerprint density at radius 1 is 1.26 bits per heavy atom. The van der Waals surface area contributed by atoms with Gasteiger partial charge in [-0.3, -0.25) is 4.79 Å². The zero-order chi connectivity index (χ0) is 16.9. The van der Waals surface area contributed by atoms with Crippen LogP contribution >= 0.6 is 11.8 Å². The van der Waals surface area contributed by atoms with Crippen LogP contribution < -0.4 is 11.2 Å². The van der Waals surface area contributed by atoms with Gasteiger partial charge in [-0.1, -0.05) is 42.1 Å². The number of carbonyl (C=O) groups is 1. The molecular formula is C13H14F3N5OS. The van der Waals surface area contributed by atoms with Crippen LogP contribution in [0.5, 0.6) is 0 Å².